The van der Waals surface area contributed by atoms with Gasteiger partial charge in [0.05, 0.1) is 25.7 Å². The van der Waals surface area contributed by atoms with E-state index < -0.39 is 54.8 Å². The van der Waals surface area contributed by atoms with Crippen LogP contribution in [0.15, 0.2) is 30.3 Å². The maximum atomic E-state index is 12.6. The van der Waals surface area contributed by atoms with Crippen LogP contribution in [-0.2, 0) is 35.2 Å². The van der Waals surface area contributed by atoms with E-state index in [9.17, 15) is 28.8 Å². The fourth-order valence-corrected chi connectivity index (χ4v) is 3.23. The lowest BCUT2D eigenvalue weighted by Gasteiger charge is -2.20. The minimum Gasteiger partial charge on any atom is -0.481 e. The van der Waals surface area contributed by atoms with Gasteiger partial charge in [-0.2, -0.15) is 0 Å². The molecule has 0 aromatic heterocycles. The van der Waals surface area contributed by atoms with Crippen LogP contribution in [-0.4, -0.2) is 78.2 Å². The number of aliphatic carboxylic acids is 1. The minimum atomic E-state index is -1.04. The molecule has 0 bridgehead atoms. The zero-order valence-corrected chi connectivity index (χ0v) is 21.5. The van der Waals surface area contributed by atoms with Crippen LogP contribution >= 0.6 is 0 Å². The average Bonchev–Trinajstić information content (AvgIpc) is 2.86. The number of carboxylic acid groups (broad SMARTS) is 1. The Labute approximate surface area is 216 Å². The molecule has 6 N–H and O–H groups in total. The molecule has 1 aromatic carbocycles. The van der Waals surface area contributed by atoms with E-state index >= 15 is 0 Å². The van der Waals surface area contributed by atoms with Gasteiger partial charge in [0.1, 0.15) is 6.04 Å². The first-order valence-electron chi connectivity index (χ1n) is 12.2. The molecule has 0 aliphatic rings. The zero-order valence-electron chi connectivity index (χ0n) is 21.5. The first-order chi connectivity index (χ1) is 17.5. The third kappa shape index (κ3) is 13.8. The molecular weight excluding hydrogens is 482 g/mol. The first kappa shape index (κ1) is 31.2. The summed E-state index contributed by atoms with van der Waals surface area (Å²) in [6.45, 7) is 4.29. The van der Waals surface area contributed by atoms with E-state index in [1.165, 1.54) is 0 Å². The summed E-state index contributed by atoms with van der Waals surface area (Å²) in [5.41, 5.74) is 0.795. The third-order valence-electron chi connectivity index (χ3n) is 5.16. The summed E-state index contributed by atoms with van der Waals surface area (Å²) in [6, 6.07) is 7.17. The molecule has 0 heterocycles. The second kappa shape index (κ2) is 16.8. The smallest absolute Gasteiger partial charge is 0.303 e. The van der Waals surface area contributed by atoms with E-state index in [1.54, 1.807) is 45.0 Å². The summed E-state index contributed by atoms with van der Waals surface area (Å²) < 4.78 is 0. The van der Waals surface area contributed by atoms with Gasteiger partial charge in [0, 0.05) is 25.3 Å². The third-order valence-corrected chi connectivity index (χ3v) is 5.16. The molecule has 2 atom stereocenters. The number of hydrogen-bond acceptors (Lipinski definition) is 7. The topological polar surface area (TPSA) is 183 Å². The van der Waals surface area contributed by atoms with Crippen molar-refractivity contribution in [3.63, 3.8) is 0 Å². The SMILES string of the molecule is CCC(=O)CNC(=O)C(Cc1ccccc1)NC(=O)CNC(=O)CNC(=O)C(CCC(=O)O)NC(C)C. The molecule has 0 saturated carbocycles. The van der Waals surface area contributed by atoms with E-state index in [-0.39, 0.29) is 44.1 Å². The lowest BCUT2D eigenvalue weighted by atomic mass is 10.1. The fourth-order valence-electron chi connectivity index (χ4n) is 3.23. The number of nitrogens with one attached hydrogen (secondary N) is 5. The normalized spacial score (nSPS) is 12.2. The van der Waals surface area contributed by atoms with Crippen LogP contribution < -0.4 is 26.6 Å². The van der Waals surface area contributed by atoms with Crippen LogP contribution in [0.2, 0.25) is 0 Å². The molecule has 1 rings (SSSR count). The maximum Gasteiger partial charge on any atom is 0.303 e. The van der Waals surface area contributed by atoms with Gasteiger partial charge in [-0.1, -0.05) is 51.1 Å². The molecule has 37 heavy (non-hydrogen) atoms. The van der Waals surface area contributed by atoms with Gasteiger partial charge in [0.2, 0.25) is 23.6 Å². The van der Waals surface area contributed by atoms with Crippen molar-refractivity contribution in [3.05, 3.63) is 35.9 Å². The molecule has 0 aliphatic carbocycles. The van der Waals surface area contributed by atoms with Crippen molar-refractivity contribution in [2.45, 2.75) is 64.6 Å². The molecule has 12 heteroatoms. The van der Waals surface area contributed by atoms with Crippen molar-refractivity contribution in [1.82, 2.24) is 26.6 Å². The van der Waals surface area contributed by atoms with Gasteiger partial charge in [0.25, 0.3) is 0 Å². The Kier molecular flexibility index (Phi) is 14.2. The largest absolute Gasteiger partial charge is 0.481 e. The van der Waals surface area contributed by atoms with Crippen LogP contribution in [0.4, 0.5) is 0 Å². The lowest BCUT2D eigenvalue weighted by Crippen LogP contribution is -2.52. The number of ketones is 1. The van der Waals surface area contributed by atoms with E-state index in [2.05, 4.69) is 26.6 Å². The highest BCUT2D eigenvalue weighted by Crippen LogP contribution is 2.04. The van der Waals surface area contributed by atoms with Crippen molar-refractivity contribution < 1.29 is 33.9 Å². The number of carbonyl (C=O) groups excluding carboxylic acids is 5. The highest BCUT2D eigenvalue weighted by Gasteiger charge is 2.23. The fraction of sp³-hybridized carbons (Fsp3) is 0.520. The van der Waals surface area contributed by atoms with Gasteiger partial charge in [-0.05, 0) is 12.0 Å². The van der Waals surface area contributed by atoms with Crippen LogP contribution in [0.25, 0.3) is 0 Å². The number of benzene rings is 1. The van der Waals surface area contributed by atoms with Gasteiger partial charge < -0.3 is 31.7 Å². The van der Waals surface area contributed by atoms with Crippen LogP contribution in [0.1, 0.15) is 45.6 Å². The van der Waals surface area contributed by atoms with E-state index in [4.69, 9.17) is 5.11 Å². The number of carboxylic acids is 1. The Morgan fingerprint density at radius 1 is 0.811 bits per heavy atom. The van der Waals surface area contributed by atoms with Crippen LogP contribution in [0.3, 0.4) is 0 Å². The highest BCUT2D eigenvalue weighted by molar-refractivity contribution is 5.93. The Bertz CT molecular complexity index is 937. The molecule has 2 unspecified atom stereocenters. The molecule has 204 valence electrons. The molecular formula is C25H37N5O7. The zero-order chi connectivity index (χ0) is 27.8. The summed E-state index contributed by atoms with van der Waals surface area (Å²) in [5, 5.41) is 21.7. The lowest BCUT2D eigenvalue weighted by molar-refractivity contribution is -0.137. The Morgan fingerprint density at radius 3 is 2.00 bits per heavy atom. The Balaban J connectivity index is 2.61. The standard InChI is InChI=1S/C25H37N5O7/c1-4-18(31)13-27-25(37)20(12-17-8-6-5-7-9-17)30-22(33)15-26-21(32)14-28-24(36)19(29-16(2)3)10-11-23(34)35/h5-9,16,19-20,29H,4,10-15H2,1-3H3,(H,26,32)(H,27,37)(H,28,36)(H,30,33)(H,34,35). The van der Waals surface area contributed by atoms with Gasteiger partial charge >= 0.3 is 5.97 Å². The second-order valence-corrected chi connectivity index (χ2v) is 8.72. The van der Waals surface area contributed by atoms with Gasteiger partial charge in [-0.25, -0.2) is 0 Å². The Morgan fingerprint density at radius 2 is 1.41 bits per heavy atom. The number of Topliss-reactive ketones (excluding diaryl/α,β-unsaturated/α-hetero) is 1. The summed E-state index contributed by atoms with van der Waals surface area (Å²) in [7, 11) is 0. The molecule has 1 aromatic rings. The quantitative estimate of drug-likeness (QED) is 0.156. The van der Waals surface area contributed by atoms with Crippen molar-refractivity contribution >= 4 is 35.4 Å². The molecule has 0 aliphatic heterocycles. The van der Waals surface area contributed by atoms with Crippen molar-refractivity contribution in [2.75, 3.05) is 19.6 Å². The van der Waals surface area contributed by atoms with Crippen LogP contribution in [0, 0.1) is 0 Å². The monoisotopic (exact) mass is 519 g/mol. The van der Waals surface area contributed by atoms with Gasteiger partial charge in [-0.15, -0.1) is 0 Å². The van der Waals surface area contributed by atoms with Crippen LogP contribution in [0.5, 0.6) is 0 Å². The summed E-state index contributed by atoms with van der Waals surface area (Å²) >= 11 is 0. The minimum absolute atomic E-state index is 0.0537. The summed E-state index contributed by atoms with van der Waals surface area (Å²) in [6.07, 6.45) is 0.294. The van der Waals surface area contributed by atoms with E-state index in [1.807, 2.05) is 6.07 Å². The predicted octanol–water partition coefficient (Wildman–Crippen LogP) is -0.727. The first-order valence-corrected chi connectivity index (χ1v) is 12.2. The molecule has 0 spiro atoms. The molecule has 0 fully saturated rings. The number of rotatable bonds is 17. The molecule has 0 saturated heterocycles. The molecule has 0 radical (unpaired) electrons. The highest BCUT2D eigenvalue weighted by atomic mass is 16.4. The maximum absolute atomic E-state index is 12.6. The van der Waals surface area contributed by atoms with Gasteiger partial charge in [-0.3, -0.25) is 28.8 Å². The van der Waals surface area contributed by atoms with Crippen molar-refractivity contribution in [2.24, 2.45) is 0 Å². The number of amides is 4. The van der Waals surface area contributed by atoms with Crippen molar-refractivity contribution in [3.8, 4) is 0 Å². The van der Waals surface area contributed by atoms with E-state index in [0.717, 1.165) is 5.56 Å². The number of carbonyl (C=O) groups is 6. The van der Waals surface area contributed by atoms with Crippen molar-refractivity contribution in [1.29, 1.82) is 0 Å². The van der Waals surface area contributed by atoms with E-state index in [0.29, 0.717) is 0 Å². The molecule has 12 nitrogen and oxygen atoms in total. The summed E-state index contributed by atoms with van der Waals surface area (Å²) in [4.78, 5) is 71.9. The average molecular weight is 520 g/mol. The second-order valence-electron chi connectivity index (χ2n) is 8.72. The number of hydrogen-bond donors (Lipinski definition) is 6. The predicted molar refractivity (Wildman–Crippen MR) is 135 cm³/mol. The van der Waals surface area contributed by atoms with Gasteiger partial charge in [0.15, 0.2) is 5.78 Å². The molecule has 4 amide bonds. The Hall–Kier alpha value is -3.80. The summed E-state index contributed by atoms with van der Waals surface area (Å²) in [5.74, 6) is -3.51.